The third-order valence-electron chi connectivity index (χ3n) is 5.52. The van der Waals surface area contributed by atoms with Gasteiger partial charge in [0, 0.05) is 36.8 Å². The van der Waals surface area contributed by atoms with Crippen LogP contribution in [0.4, 0.5) is 5.13 Å². The van der Waals surface area contributed by atoms with Crippen molar-refractivity contribution in [2.75, 3.05) is 45.0 Å². The molecule has 1 aromatic heterocycles. The van der Waals surface area contributed by atoms with Crippen molar-refractivity contribution in [1.82, 2.24) is 20.1 Å². The van der Waals surface area contributed by atoms with E-state index in [1.165, 1.54) is 30.7 Å². The molecule has 40 heavy (non-hydrogen) atoms. The lowest BCUT2D eigenvalue weighted by Gasteiger charge is -2.49. The van der Waals surface area contributed by atoms with E-state index in [1.807, 2.05) is 19.5 Å². The van der Waals surface area contributed by atoms with Crippen LogP contribution in [-0.4, -0.2) is 101 Å². The summed E-state index contributed by atoms with van der Waals surface area (Å²) in [4.78, 5) is 63.4. The number of oxime groups is 1. The number of thioether (sulfide) groups is 2. The minimum absolute atomic E-state index is 0.0427. The van der Waals surface area contributed by atoms with Crippen molar-refractivity contribution in [2.45, 2.75) is 38.0 Å². The van der Waals surface area contributed by atoms with Gasteiger partial charge < -0.3 is 30.3 Å². The quantitative estimate of drug-likeness (QED) is 0.0822. The number of nitrogens with two attached hydrogens (primary N) is 1. The minimum atomic E-state index is -1.15. The molecule has 16 heteroatoms. The molecule has 3 atom stereocenters. The Morgan fingerprint density at radius 2 is 2.12 bits per heavy atom. The number of carbonyl (C=O) groups excluding carboxylic acids is 4. The lowest BCUT2D eigenvalue weighted by atomic mass is 10.0. The van der Waals surface area contributed by atoms with Gasteiger partial charge in [-0.1, -0.05) is 12.1 Å². The number of hydrogen-bond donors (Lipinski definition) is 2. The number of ether oxygens (including phenoxy) is 2. The predicted octanol–water partition coefficient (Wildman–Crippen LogP) is 1.38. The molecular formula is C24H32N6O7S3. The number of amides is 2. The number of hydrogen-bond acceptors (Lipinski definition) is 14. The fraction of sp³-hybridized carbons (Fsp3) is 0.500. The van der Waals surface area contributed by atoms with Gasteiger partial charge in [-0.25, -0.2) is 9.78 Å². The number of nitrogens with zero attached hydrogens (tertiary/aromatic N) is 4. The van der Waals surface area contributed by atoms with Gasteiger partial charge >= 0.3 is 11.9 Å². The molecule has 0 aliphatic carbocycles. The minimum Gasteiger partial charge on any atom is -0.425 e. The van der Waals surface area contributed by atoms with E-state index >= 15 is 0 Å². The van der Waals surface area contributed by atoms with Crippen molar-refractivity contribution in [3.05, 3.63) is 33.8 Å². The molecule has 2 aliphatic rings. The SMILES string of the molecule is CCC(=O)OC(C)OC(=O)C1=C(/C=C/SCCN(C)C)CS[C@@H]2[C@H](NC(=O)C(=NOC)c3csc(N)n3)C(=O)N12. The molecule has 0 bridgehead atoms. The van der Waals surface area contributed by atoms with E-state index in [4.69, 9.17) is 20.0 Å². The maximum atomic E-state index is 13.3. The molecule has 1 fully saturated rings. The van der Waals surface area contributed by atoms with E-state index in [1.54, 1.807) is 30.1 Å². The van der Waals surface area contributed by atoms with Crippen LogP contribution in [0.15, 0.2) is 33.3 Å². The first kappa shape index (κ1) is 31.4. The molecule has 1 unspecified atom stereocenters. The van der Waals surface area contributed by atoms with Crippen LogP contribution in [-0.2, 0) is 33.5 Å². The summed E-state index contributed by atoms with van der Waals surface area (Å²) in [5.41, 5.74) is 6.38. The molecule has 2 aliphatic heterocycles. The highest BCUT2D eigenvalue weighted by atomic mass is 32.2. The summed E-state index contributed by atoms with van der Waals surface area (Å²) in [6.45, 7) is 3.92. The highest BCUT2D eigenvalue weighted by Crippen LogP contribution is 2.41. The summed E-state index contributed by atoms with van der Waals surface area (Å²) in [7, 11) is 5.24. The van der Waals surface area contributed by atoms with E-state index in [-0.39, 0.29) is 28.7 Å². The average molecular weight is 613 g/mol. The van der Waals surface area contributed by atoms with Gasteiger partial charge in [-0.3, -0.25) is 19.3 Å². The molecule has 0 radical (unpaired) electrons. The van der Waals surface area contributed by atoms with Crippen molar-refractivity contribution in [1.29, 1.82) is 0 Å². The summed E-state index contributed by atoms with van der Waals surface area (Å²) in [5, 5.41) is 9.50. The monoisotopic (exact) mass is 612 g/mol. The summed E-state index contributed by atoms with van der Waals surface area (Å²) < 4.78 is 10.4. The number of rotatable bonds is 13. The number of anilines is 1. The Kier molecular flexibility index (Phi) is 11.4. The third-order valence-corrected chi connectivity index (χ3v) is 8.24. The van der Waals surface area contributed by atoms with Crippen LogP contribution in [0.25, 0.3) is 0 Å². The van der Waals surface area contributed by atoms with Crippen molar-refractivity contribution in [2.24, 2.45) is 5.16 Å². The van der Waals surface area contributed by atoms with E-state index < -0.39 is 41.5 Å². The molecule has 3 heterocycles. The van der Waals surface area contributed by atoms with E-state index in [0.717, 1.165) is 23.6 Å². The summed E-state index contributed by atoms with van der Waals surface area (Å²) in [6, 6.07) is -0.936. The molecule has 0 aromatic carbocycles. The van der Waals surface area contributed by atoms with Crippen molar-refractivity contribution in [3.8, 4) is 0 Å². The van der Waals surface area contributed by atoms with Crippen molar-refractivity contribution in [3.63, 3.8) is 0 Å². The molecule has 0 spiro atoms. The maximum Gasteiger partial charge on any atom is 0.358 e. The van der Waals surface area contributed by atoms with Crippen LogP contribution < -0.4 is 11.1 Å². The first-order valence-electron chi connectivity index (χ1n) is 12.2. The number of thiazole rings is 1. The molecule has 3 N–H and O–H groups in total. The third kappa shape index (κ3) is 7.77. The highest BCUT2D eigenvalue weighted by molar-refractivity contribution is 8.02. The number of β-lactam (4-membered cyclic amide) rings is 1. The van der Waals surface area contributed by atoms with Crippen molar-refractivity contribution < 1.29 is 33.5 Å². The van der Waals surface area contributed by atoms with Gasteiger partial charge in [-0.05, 0) is 31.2 Å². The van der Waals surface area contributed by atoms with E-state index in [9.17, 15) is 19.2 Å². The van der Waals surface area contributed by atoms with Crippen LogP contribution in [0.2, 0.25) is 0 Å². The van der Waals surface area contributed by atoms with Gasteiger partial charge in [-0.2, -0.15) is 0 Å². The summed E-state index contributed by atoms with van der Waals surface area (Å²) in [6.07, 6.45) is 0.748. The van der Waals surface area contributed by atoms with Crippen LogP contribution >= 0.6 is 34.9 Å². The molecule has 3 rings (SSSR count). The first-order chi connectivity index (χ1) is 19.1. The fourth-order valence-electron chi connectivity index (χ4n) is 3.59. The number of nitrogens with one attached hydrogen (secondary N) is 1. The van der Waals surface area contributed by atoms with Gasteiger partial charge in [0.25, 0.3) is 11.8 Å². The molecule has 13 nitrogen and oxygen atoms in total. The second-order valence-electron chi connectivity index (χ2n) is 8.72. The number of aromatic nitrogens is 1. The Labute approximate surface area is 244 Å². The maximum absolute atomic E-state index is 13.3. The van der Waals surface area contributed by atoms with Gasteiger partial charge in [0.15, 0.2) is 10.8 Å². The van der Waals surface area contributed by atoms with Crippen LogP contribution in [0, 0.1) is 0 Å². The zero-order valence-corrected chi connectivity index (χ0v) is 25.2. The van der Waals surface area contributed by atoms with Gasteiger partial charge in [0.05, 0.1) is 0 Å². The van der Waals surface area contributed by atoms with Crippen LogP contribution in [0.3, 0.4) is 0 Å². The van der Waals surface area contributed by atoms with Gasteiger partial charge in [0.2, 0.25) is 6.29 Å². The Hall–Kier alpha value is -3.08. The molecule has 0 saturated carbocycles. The zero-order chi connectivity index (χ0) is 29.4. The van der Waals surface area contributed by atoms with Crippen molar-refractivity contribution >= 4 is 69.5 Å². The standard InChI is InChI=1S/C24H32N6O7S3/c1-6-16(31)36-13(2)37-23(34)19-14(7-9-38-10-8-29(3)4)11-39-22-18(21(33)30(19)22)27-20(32)17(28-35-5)15-12-40-24(25)26-15/h7,9,12-13,18,22H,6,8,10-11H2,1-5H3,(H2,25,26)(H,27,32)/b9-7+,28-17?/t13?,18-,22-/m1/s1. The molecule has 1 saturated heterocycles. The number of esters is 2. The smallest absolute Gasteiger partial charge is 0.358 e. The number of allylic oxidation sites excluding steroid dienone is 1. The molecule has 1 aromatic rings. The number of carbonyl (C=O) groups is 4. The Morgan fingerprint density at radius 3 is 2.75 bits per heavy atom. The topological polar surface area (TPSA) is 166 Å². The predicted molar refractivity (Wildman–Crippen MR) is 154 cm³/mol. The lowest BCUT2D eigenvalue weighted by molar-refractivity contribution is -0.184. The Bertz CT molecular complexity index is 1220. The van der Waals surface area contributed by atoms with Crippen LogP contribution in [0.5, 0.6) is 0 Å². The van der Waals surface area contributed by atoms with Gasteiger partial charge in [0.1, 0.15) is 29.9 Å². The summed E-state index contributed by atoms with van der Waals surface area (Å²) in [5.74, 6) is -1.30. The normalized spacial score (nSPS) is 19.8. The fourth-order valence-corrected chi connectivity index (χ4v) is 6.33. The highest BCUT2D eigenvalue weighted by Gasteiger charge is 2.54. The zero-order valence-electron chi connectivity index (χ0n) is 22.7. The molecular weight excluding hydrogens is 581 g/mol. The van der Waals surface area contributed by atoms with Gasteiger partial charge in [-0.15, -0.1) is 34.9 Å². The van der Waals surface area contributed by atoms with E-state index in [2.05, 4.69) is 20.4 Å². The first-order valence-corrected chi connectivity index (χ1v) is 15.2. The number of nitrogen functional groups attached to an aromatic ring is 1. The average Bonchev–Trinajstić information content (AvgIpc) is 3.34. The lowest BCUT2D eigenvalue weighted by Crippen LogP contribution is -2.71. The largest absolute Gasteiger partial charge is 0.425 e. The summed E-state index contributed by atoms with van der Waals surface area (Å²) >= 11 is 4.08. The Balaban J connectivity index is 1.80. The molecule has 218 valence electrons. The van der Waals surface area contributed by atoms with Crippen LogP contribution in [0.1, 0.15) is 26.0 Å². The second-order valence-corrected chi connectivity index (χ2v) is 11.7. The second kappa shape index (κ2) is 14.5. The van der Waals surface area contributed by atoms with E-state index in [0.29, 0.717) is 11.3 Å². The molecule has 2 amide bonds. The Morgan fingerprint density at radius 1 is 1.38 bits per heavy atom. The number of fused-ring (bicyclic) bond motifs is 1.